The molecule has 0 aliphatic rings. The molecule has 148 valence electrons. The zero-order chi connectivity index (χ0) is 21.0. The average molecular weight is 407 g/mol. The van der Waals surface area contributed by atoms with E-state index in [1.54, 1.807) is 41.7 Å². The highest BCUT2D eigenvalue weighted by Gasteiger charge is 2.23. The third kappa shape index (κ3) is 4.55. The highest BCUT2D eigenvalue weighted by molar-refractivity contribution is 7.09. The number of carbonyl (C=O) groups is 2. The number of hydrogen-bond acceptors (Lipinski definition) is 5. The van der Waals surface area contributed by atoms with Crippen molar-refractivity contribution in [1.82, 2.24) is 4.57 Å². The van der Waals surface area contributed by atoms with Gasteiger partial charge in [0.1, 0.15) is 6.07 Å². The largest absolute Gasteiger partial charge is 0.449 e. The fraction of sp³-hybridized carbons (Fsp3) is 0.227. The second-order valence-electron chi connectivity index (χ2n) is 6.64. The van der Waals surface area contributed by atoms with E-state index in [2.05, 4.69) is 9.88 Å². The van der Waals surface area contributed by atoms with Crippen molar-refractivity contribution >= 4 is 28.9 Å². The maximum Gasteiger partial charge on any atom is 0.340 e. The first-order valence-electron chi connectivity index (χ1n) is 9.10. The highest BCUT2D eigenvalue weighted by Crippen LogP contribution is 2.21. The van der Waals surface area contributed by atoms with Crippen LogP contribution in [0.2, 0.25) is 0 Å². The molecule has 7 heteroatoms. The van der Waals surface area contributed by atoms with E-state index in [4.69, 9.17) is 10.00 Å². The Morgan fingerprint density at radius 2 is 2.00 bits per heavy atom. The van der Waals surface area contributed by atoms with Crippen LogP contribution in [0.4, 0.5) is 5.69 Å². The lowest BCUT2D eigenvalue weighted by atomic mass is 10.2. The van der Waals surface area contributed by atoms with Crippen LogP contribution in [0, 0.1) is 25.2 Å². The molecule has 0 saturated heterocycles. The van der Waals surface area contributed by atoms with Crippen LogP contribution in [-0.2, 0) is 16.1 Å². The number of anilines is 1. The van der Waals surface area contributed by atoms with Gasteiger partial charge in [-0.3, -0.25) is 4.79 Å². The lowest BCUT2D eigenvalue weighted by Gasteiger charge is -2.14. The number of aromatic nitrogens is 1. The summed E-state index contributed by atoms with van der Waals surface area (Å²) in [6.07, 6.45) is -1.00. The third-order valence-electron chi connectivity index (χ3n) is 4.65. The molecule has 2 aromatic heterocycles. The summed E-state index contributed by atoms with van der Waals surface area (Å²) >= 11 is 1.66. The van der Waals surface area contributed by atoms with Gasteiger partial charge < -0.3 is 14.6 Å². The Kier molecular flexibility index (Phi) is 6.15. The Hall–Kier alpha value is -3.37. The van der Waals surface area contributed by atoms with Gasteiger partial charge in [0.15, 0.2) is 6.10 Å². The van der Waals surface area contributed by atoms with E-state index >= 15 is 0 Å². The van der Waals surface area contributed by atoms with Crippen molar-refractivity contribution in [3.63, 3.8) is 0 Å². The van der Waals surface area contributed by atoms with Crippen molar-refractivity contribution in [1.29, 1.82) is 5.26 Å². The van der Waals surface area contributed by atoms with Gasteiger partial charge in [-0.1, -0.05) is 18.2 Å². The monoisotopic (exact) mass is 407 g/mol. The number of carbonyl (C=O) groups excluding carboxylic acids is 2. The fourth-order valence-corrected chi connectivity index (χ4v) is 3.70. The summed E-state index contributed by atoms with van der Waals surface area (Å²) in [5, 5.41) is 13.8. The summed E-state index contributed by atoms with van der Waals surface area (Å²) < 4.78 is 7.44. The van der Waals surface area contributed by atoms with Crippen molar-refractivity contribution < 1.29 is 14.3 Å². The van der Waals surface area contributed by atoms with E-state index in [9.17, 15) is 9.59 Å². The van der Waals surface area contributed by atoms with Gasteiger partial charge in [-0.05, 0) is 50.4 Å². The molecule has 1 atom stereocenters. The van der Waals surface area contributed by atoms with Crippen molar-refractivity contribution in [3.8, 4) is 6.07 Å². The number of thiophene rings is 1. The number of para-hydroxylation sites is 1. The summed E-state index contributed by atoms with van der Waals surface area (Å²) in [7, 11) is 0. The second-order valence-corrected chi connectivity index (χ2v) is 7.68. The van der Waals surface area contributed by atoms with E-state index in [0.717, 1.165) is 11.4 Å². The maximum atomic E-state index is 12.7. The summed E-state index contributed by atoms with van der Waals surface area (Å²) in [6.45, 7) is 5.99. The molecule has 0 saturated carbocycles. The van der Waals surface area contributed by atoms with Gasteiger partial charge in [-0.25, -0.2) is 4.79 Å². The molecule has 0 aliphatic heterocycles. The molecule has 0 spiro atoms. The number of rotatable bonds is 6. The van der Waals surface area contributed by atoms with E-state index in [1.165, 1.54) is 11.8 Å². The Bertz CT molecular complexity index is 1080. The highest BCUT2D eigenvalue weighted by atomic mass is 32.1. The summed E-state index contributed by atoms with van der Waals surface area (Å²) in [5.41, 5.74) is 2.91. The van der Waals surface area contributed by atoms with Crippen LogP contribution >= 0.6 is 11.3 Å². The van der Waals surface area contributed by atoms with Crippen LogP contribution < -0.4 is 5.32 Å². The molecule has 0 aliphatic carbocycles. The first kappa shape index (κ1) is 20.4. The Morgan fingerprint density at radius 3 is 2.69 bits per heavy atom. The molecule has 3 rings (SSSR count). The minimum absolute atomic E-state index is 0.344. The standard InChI is InChI=1S/C22H21N3O3S/c1-14-11-19(15(2)25(14)13-18-8-6-10-29-18)22(27)28-16(3)21(26)24-20-9-5-4-7-17(20)12-23/h4-11,16H,13H2,1-3H3,(H,24,26)/t16-/m0/s1. The first-order chi connectivity index (χ1) is 13.9. The maximum absolute atomic E-state index is 12.7. The van der Waals surface area contributed by atoms with Crippen molar-refractivity contribution in [2.75, 3.05) is 5.32 Å². The van der Waals surface area contributed by atoms with Crippen LogP contribution in [0.25, 0.3) is 0 Å². The van der Waals surface area contributed by atoms with Crippen LogP contribution in [0.5, 0.6) is 0 Å². The number of esters is 1. The lowest BCUT2D eigenvalue weighted by molar-refractivity contribution is -0.123. The minimum Gasteiger partial charge on any atom is -0.449 e. The topological polar surface area (TPSA) is 84.1 Å². The Labute approximate surface area is 173 Å². The van der Waals surface area contributed by atoms with Gasteiger partial charge in [0.05, 0.1) is 23.4 Å². The molecule has 3 aromatic rings. The van der Waals surface area contributed by atoms with Gasteiger partial charge in [-0.15, -0.1) is 11.3 Å². The second kappa shape index (κ2) is 8.76. The molecule has 0 fully saturated rings. The summed E-state index contributed by atoms with van der Waals surface area (Å²) in [4.78, 5) is 26.3. The molecule has 0 unspecified atom stereocenters. The van der Waals surface area contributed by atoms with Gasteiger partial charge in [0.2, 0.25) is 0 Å². The number of hydrogen-bond donors (Lipinski definition) is 1. The van der Waals surface area contributed by atoms with Crippen LogP contribution in [0.3, 0.4) is 0 Å². The van der Waals surface area contributed by atoms with Gasteiger partial charge in [0.25, 0.3) is 5.91 Å². The third-order valence-corrected chi connectivity index (χ3v) is 5.51. The molecule has 1 aromatic carbocycles. The van der Waals surface area contributed by atoms with Crippen molar-refractivity contribution in [2.45, 2.75) is 33.4 Å². The number of amides is 1. The molecule has 0 bridgehead atoms. The Balaban J connectivity index is 1.69. The minimum atomic E-state index is -1.00. The molecule has 0 radical (unpaired) electrons. The number of aryl methyl sites for hydroxylation is 1. The first-order valence-corrected chi connectivity index (χ1v) is 9.98. The number of nitrogens with zero attached hydrogens (tertiary/aromatic N) is 2. The molecule has 1 N–H and O–H groups in total. The molecule has 29 heavy (non-hydrogen) atoms. The number of nitrogens with one attached hydrogen (secondary N) is 1. The normalized spacial score (nSPS) is 11.5. The number of benzene rings is 1. The quantitative estimate of drug-likeness (QED) is 0.619. The molecule has 1 amide bonds. The van der Waals surface area contributed by atoms with Gasteiger partial charge in [0, 0.05) is 16.3 Å². The summed E-state index contributed by atoms with van der Waals surface area (Å²) in [5.74, 6) is -1.04. The summed E-state index contributed by atoms with van der Waals surface area (Å²) in [6, 6.07) is 14.5. The van der Waals surface area contributed by atoms with Crippen molar-refractivity contribution in [3.05, 3.63) is 75.2 Å². The van der Waals surface area contributed by atoms with E-state index in [-0.39, 0.29) is 0 Å². The van der Waals surface area contributed by atoms with Crippen LogP contribution in [-0.4, -0.2) is 22.5 Å². The number of ether oxygens (including phenoxy) is 1. The van der Waals surface area contributed by atoms with E-state index in [1.807, 2.05) is 37.4 Å². The van der Waals surface area contributed by atoms with Gasteiger partial charge >= 0.3 is 5.97 Å². The molecular weight excluding hydrogens is 386 g/mol. The zero-order valence-corrected chi connectivity index (χ0v) is 17.2. The predicted molar refractivity (Wildman–Crippen MR) is 112 cm³/mol. The van der Waals surface area contributed by atoms with E-state index < -0.39 is 18.0 Å². The molecule has 2 heterocycles. The SMILES string of the molecule is Cc1cc(C(=O)O[C@@H](C)C(=O)Nc2ccccc2C#N)c(C)n1Cc1cccs1. The Morgan fingerprint density at radius 1 is 1.24 bits per heavy atom. The van der Waals surface area contributed by atoms with Crippen molar-refractivity contribution in [2.24, 2.45) is 0 Å². The van der Waals surface area contributed by atoms with E-state index in [0.29, 0.717) is 23.4 Å². The van der Waals surface area contributed by atoms with Gasteiger partial charge in [-0.2, -0.15) is 5.26 Å². The fourth-order valence-electron chi connectivity index (χ4n) is 3.01. The molecular formula is C22H21N3O3S. The smallest absolute Gasteiger partial charge is 0.340 e. The zero-order valence-electron chi connectivity index (χ0n) is 16.4. The van der Waals surface area contributed by atoms with Crippen LogP contribution in [0.15, 0.2) is 47.8 Å². The van der Waals surface area contributed by atoms with Crippen LogP contribution in [0.1, 0.15) is 39.1 Å². The molecule has 6 nitrogen and oxygen atoms in total. The number of nitriles is 1. The lowest BCUT2D eigenvalue weighted by Crippen LogP contribution is -2.30. The average Bonchev–Trinajstić information content (AvgIpc) is 3.32. The predicted octanol–water partition coefficient (Wildman–Crippen LogP) is 4.27.